The Kier molecular flexibility index (Phi) is 6.47. The molecule has 1 aliphatic carbocycles. The smallest absolute Gasteiger partial charge is 0.377 e. The third-order valence-corrected chi connectivity index (χ3v) is 4.99. The van der Waals surface area contributed by atoms with Gasteiger partial charge in [0.1, 0.15) is 0 Å². The third-order valence-electron chi connectivity index (χ3n) is 4.99. The summed E-state index contributed by atoms with van der Waals surface area (Å²) in [5.41, 5.74) is 3.14. The Morgan fingerprint density at radius 1 is 1.33 bits per heavy atom. The van der Waals surface area contributed by atoms with Crippen molar-refractivity contribution >= 4 is 17.6 Å². The molecule has 3 rings (SSSR count). The predicted octanol–water partition coefficient (Wildman–Crippen LogP) is 4.78. The summed E-state index contributed by atoms with van der Waals surface area (Å²) in [5.74, 6) is 0.301. The number of benzene rings is 1. The van der Waals surface area contributed by atoms with Gasteiger partial charge >= 0.3 is 12.2 Å². The number of carbonyl (C=O) groups is 1. The molecule has 0 spiro atoms. The fourth-order valence-electron chi connectivity index (χ4n) is 3.44. The number of methoxy groups -OCH3 is 1. The first-order valence-corrected chi connectivity index (χ1v) is 9.22. The molecule has 160 valence electrons. The molecule has 0 saturated heterocycles. The summed E-state index contributed by atoms with van der Waals surface area (Å²) in [4.78, 5) is 20.5. The number of amidine groups is 1. The number of rotatable bonds is 7. The molecule has 1 heterocycles. The molecule has 0 fully saturated rings. The molecule has 1 aromatic rings. The van der Waals surface area contributed by atoms with Crippen LogP contribution >= 0.6 is 0 Å². The standard InChI is InChI=1S/C20H21F3N4O3/c1-11-7-14(17(29-3)9-16(11)18-24-19(28)26-25-18)10-30-27-12(2)13-5-4-6-15(8-13)20(21,22)23/h4-6,8-9,11,14,17,27H,2,7,10H2,1,3H3. The van der Waals surface area contributed by atoms with Gasteiger partial charge in [-0.25, -0.2) is 4.79 Å². The summed E-state index contributed by atoms with van der Waals surface area (Å²) in [6.45, 7) is 5.95. The summed E-state index contributed by atoms with van der Waals surface area (Å²) in [6, 6.07) is 4.20. The SMILES string of the molecule is C=C(NOCC1CC(C)C(C2=NC(=O)N=N2)=CC1OC)c1cccc(C(F)(F)F)c1. The largest absolute Gasteiger partial charge is 0.416 e. The molecule has 7 nitrogen and oxygen atoms in total. The van der Waals surface area contributed by atoms with Gasteiger partial charge < -0.3 is 4.74 Å². The van der Waals surface area contributed by atoms with Crippen LogP contribution in [0.4, 0.5) is 18.0 Å². The number of halogens is 3. The normalized spacial score (nSPS) is 23.9. The van der Waals surface area contributed by atoms with Gasteiger partial charge in [0.05, 0.1) is 24.0 Å². The highest BCUT2D eigenvalue weighted by Crippen LogP contribution is 2.33. The van der Waals surface area contributed by atoms with Crippen LogP contribution in [0.5, 0.6) is 0 Å². The number of alkyl halides is 3. The topological polar surface area (TPSA) is 84.6 Å². The molecule has 1 aliphatic heterocycles. The van der Waals surface area contributed by atoms with E-state index in [0.717, 1.165) is 17.7 Å². The van der Waals surface area contributed by atoms with Gasteiger partial charge in [-0.2, -0.15) is 18.2 Å². The van der Waals surface area contributed by atoms with Crippen LogP contribution in [-0.2, 0) is 15.8 Å². The van der Waals surface area contributed by atoms with Crippen LogP contribution in [0.2, 0.25) is 0 Å². The Bertz CT molecular complexity index is 924. The number of aliphatic imine (C=N–C) groups is 1. The highest BCUT2D eigenvalue weighted by Gasteiger charge is 2.33. The predicted molar refractivity (Wildman–Crippen MR) is 103 cm³/mol. The summed E-state index contributed by atoms with van der Waals surface area (Å²) < 4.78 is 44.1. The number of hydrogen-bond donors (Lipinski definition) is 1. The van der Waals surface area contributed by atoms with Gasteiger partial charge in [-0.15, -0.1) is 5.11 Å². The van der Waals surface area contributed by atoms with E-state index in [4.69, 9.17) is 9.57 Å². The monoisotopic (exact) mass is 422 g/mol. The molecule has 30 heavy (non-hydrogen) atoms. The fourth-order valence-corrected chi connectivity index (χ4v) is 3.44. The number of hydroxylamine groups is 1. The van der Waals surface area contributed by atoms with Crippen LogP contribution in [0.1, 0.15) is 24.5 Å². The molecule has 0 saturated carbocycles. The number of urea groups is 1. The quantitative estimate of drug-likeness (QED) is 0.641. The third kappa shape index (κ3) is 5.00. The van der Waals surface area contributed by atoms with Gasteiger partial charge in [0.2, 0.25) is 0 Å². The minimum absolute atomic E-state index is 0.0368. The van der Waals surface area contributed by atoms with Crippen LogP contribution in [0.3, 0.4) is 0 Å². The number of amides is 2. The lowest BCUT2D eigenvalue weighted by Gasteiger charge is -2.32. The maximum atomic E-state index is 12.9. The van der Waals surface area contributed by atoms with Crippen molar-refractivity contribution in [2.45, 2.75) is 25.6 Å². The van der Waals surface area contributed by atoms with Crippen molar-refractivity contribution in [3.8, 4) is 0 Å². The second-order valence-corrected chi connectivity index (χ2v) is 7.11. The maximum absolute atomic E-state index is 12.9. The van der Waals surface area contributed by atoms with Crippen molar-refractivity contribution in [2.75, 3.05) is 13.7 Å². The summed E-state index contributed by atoms with van der Waals surface area (Å²) >= 11 is 0. The van der Waals surface area contributed by atoms with E-state index in [9.17, 15) is 18.0 Å². The summed E-state index contributed by atoms with van der Waals surface area (Å²) in [7, 11) is 1.56. The summed E-state index contributed by atoms with van der Waals surface area (Å²) in [5, 5.41) is 7.20. The molecule has 2 aliphatic rings. The molecule has 0 radical (unpaired) electrons. The molecule has 1 aromatic carbocycles. The van der Waals surface area contributed by atoms with Gasteiger partial charge in [0.15, 0.2) is 5.84 Å². The Morgan fingerprint density at radius 3 is 2.73 bits per heavy atom. The Balaban J connectivity index is 1.60. The molecule has 3 unspecified atom stereocenters. The molecular formula is C20H21F3N4O3. The van der Waals surface area contributed by atoms with Gasteiger partial charge in [-0.1, -0.05) is 30.7 Å². The van der Waals surface area contributed by atoms with Crippen LogP contribution in [0.25, 0.3) is 5.70 Å². The molecule has 0 bridgehead atoms. The van der Waals surface area contributed by atoms with E-state index >= 15 is 0 Å². The minimum Gasteiger partial charge on any atom is -0.377 e. The Labute approximate surface area is 171 Å². The van der Waals surface area contributed by atoms with E-state index in [1.807, 2.05) is 13.0 Å². The molecule has 10 heteroatoms. The van der Waals surface area contributed by atoms with Crippen LogP contribution in [0, 0.1) is 11.8 Å². The van der Waals surface area contributed by atoms with Crippen molar-refractivity contribution in [3.05, 3.63) is 53.6 Å². The Morgan fingerprint density at radius 2 is 2.10 bits per heavy atom. The average molecular weight is 422 g/mol. The van der Waals surface area contributed by atoms with Gasteiger partial charge in [0, 0.05) is 18.6 Å². The van der Waals surface area contributed by atoms with Crippen molar-refractivity contribution in [2.24, 2.45) is 27.1 Å². The van der Waals surface area contributed by atoms with Crippen molar-refractivity contribution < 1.29 is 27.5 Å². The second-order valence-electron chi connectivity index (χ2n) is 7.11. The van der Waals surface area contributed by atoms with Gasteiger partial charge in [0.25, 0.3) is 0 Å². The van der Waals surface area contributed by atoms with Crippen molar-refractivity contribution in [3.63, 3.8) is 0 Å². The summed E-state index contributed by atoms with van der Waals surface area (Å²) in [6.07, 6.45) is -2.22. The first-order valence-electron chi connectivity index (χ1n) is 9.22. The molecule has 2 amide bonds. The van der Waals surface area contributed by atoms with Crippen LogP contribution in [-0.4, -0.2) is 31.7 Å². The average Bonchev–Trinajstić information content (AvgIpc) is 3.13. The number of nitrogens with one attached hydrogen (secondary N) is 1. The van der Waals surface area contributed by atoms with E-state index in [-0.39, 0.29) is 35.8 Å². The van der Waals surface area contributed by atoms with E-state index in [0.29, 0.717) is 12.3 Å². The van der Waals surface area contributed by atoms with Crippen LogP contribution < -0.4 is 5.48 Å². The maximum Gasteiger partial charge on any atom is 0.416 e. The first kappa shape index (κ1) is 21.8. The van der Waals surface area contributed by atoms with Crippen molar-refractivity contribution in [1.29, 1.82) is 0 Å². The lowest BCUT2D eigenvalue weighted by molar-refractivity contribution is -0.137. The highest BCUT2D eigenvalue weighted by molar-refractivity contribution is 6.08. The van der Waals surface area contributed by atoms with E-state index in [2.05, 4.69) is 27.3 Å². The molecule has 3 atom stereocenters. The lowest BCUT2D eigenvalue weighted by atomic mass is 9.80. The zero-order valence-corrected chi connectivity index (χ0v) is 16.4. The highest BCUT2D eigenvalue weighted by atomic mass is 19.4. The van der Waals surface area contributed by atoms with Crippen molar-refractivity contribution in [1.82, 2.24) is 5.48 Å². The lowest BCUT2D eigenvalue weighted by Crippen LogP contribution is -2.34. The van der Waals surface area contributed by atoms with Crippen LogP contribution in [0.15, 0.2) is 57.7 Å². The number of hydrogen-bond acceptors (Lipinski definition) is 5. The zero-order valence-electron chi connectivity index (χ0n) is 16.4. The molecule has 1 N–H and O–H groups in total. The molecule has 0 aromatic heterocycles. The number of nitrogens with zero attached hydrogens (tertiary/aromatic N) is 3. The number of ether oxygens (including phenoxy) is 1. The first-order chi connectivity index (χ1) is 14.2. The van der Waals surface area contributed by atoms with E-state index in [1.54, 1.807) is 7.11 Å². The van der Waals surface area contributed by atoms with E-state index in [1.165, 1.54) is 12.1 Å². The zero-order chi connectivity index (χ0) is 21.9. The number of azo groups is 1. The van der Waals surface area contributed by atoms with E-state index < -0.39 is 17.8 Å². The number of carbonyl (C=O) groups excluding carboxylic acids is 1. The Hall–Kier alpha value is -2.85. The molecular weight excluding hydrogens is 401 g/mol. The second kappa shape index (κ2) is 8.88. The minimum atomic E-state index is -4.43. The van der Waals surface area contributed by atoms with Gasteiger partial charge in [-0.3, -0.25) is 10.3 Å². The fraction of sp³-hybridized carbons (Fsp3) is 0.400. The van der Waals surface area contributed by atoms with Gasteiger partial charge in [-0.05, 0) is 36.1 Å².